The molecule has 0 spiro atoms. The predicted octanol–water partition coefficient (Wildman–Crippen LogP) is 4.59. The van der Waals surface area contributed by atoms with Crippen LogP contribution in [-0.4, -0.2) is 10.9 Å². The summed E-state index contributed by atoms with van der Waals surface area (Å²) in [7, 11) is 0. The number of aryl methyl sites for hydroxylation is 2. The lowest BCUT2D eigenvalue weighted by Gasteiger charge is -2.10. The number of hydrogen-bond donors (Lipinski definition) is 1. The molecule has 1 heterocycles. The molecule has 122 valence electrons. The Morgan fingerprint density at radius 2 is 2.08 bits per heavy atom. The molecule has 0 aliphatic carbocycles. The van der Waals surface area contributed by atoms with Crippen LogP contribution in [0.25, 0.3) is 0 Å². The van der Waals surface area contributed by atoms with E-state index in [1.165, 1.54) is 16.9 Å². The van der Waals surface area contributed by atoms with Gasteiger partial charge in [0.1, 0.15) is 12.4 Å². The van der Waals surface area contributed by atoms with E-state index in [0.29, 0.717) is 17.9 Å². The highest BCUT2D eigenvalue weighted by Gasteiger charge is 2.09. The summed E-state index contributed by atoms with van der Waals surface area (Å²) >= 11 is 1.53. The zero-order valence-electron chi connectivity index (χ0n) is 13.6. The van der Waals surface area contributed by atoms with E-state index in [0.717, 1.165) is 16.9 Å². The number of nitrogens with one attached hydrogen (secondary N) is 1. The van der Waals surface area contributed by atoms with Gasteiger partial charge in [-0.05, 0) is 43.7 Å². The van der Waals surface area contributed by atoms with Crippen molar-refractivity contribution in [3.8, 4) is 5.75 Å². The molecule has 0 atom stereocenters. The fourth-order valence-electron chi connectivity index (χ4n) is 2.34. The van der Waals surface area contributed by atoms with E-state index in [9.17, 15) is 4.79 Å². The number of carbonyl (C=O) groups is 1. The minimum Gasteiger partial charge on any atom is -0.487 e. The van der Waals surface area contributed by atoms with Gasteiger partial charge in [-0.2, -0.15) is 0 Å². The number of benzene rings is 2. The van der Waals surface area contributed by atoms with Crippen molar-refractivity contribution in [1.29, 1.82) is 0 Å². The largest absolute Gasteiger partial charge is 0.487 e. The molecule has 1 aromatic heterocycles. The zero-order chi connectivity index (χ0) is 16.9. The van der Waals surface area contributed by atoms with Gasteiger partial charge in [-0.3, -0.25) is 4.79 Å². The molecular weight excluding hydrogens is 320 g/mol. The Bertz CT molecular complexity index is 844. The highest BCUT2D eigenvalue weighted by Crippen LogP contribution is 2.19. The standard InChI is InChI=1S/C19H18N2O2S/c1-13-6-7-18(14(2)8-13)21-19(22)15-4-3-5-17(9-15)23-10-16-11-24-12-20-16/h3-9,11-12H,10H2,1-2H3,(H,21,22). The Morgan fingerprint density at radius 3 is 2.83 bits per heavy atom. The van der Waals surface area contributed by atoms with Gasteiger partial charge in [0, 0.05) is 16.6 Å². The number of carbonyl (C=O) groups excluding carboxylic acids is 1. The first kappa shape index (κ1) is 16.2. The van der Waals surface area contributed by atoms with Crippen LogP contribution >= 0.6 is 11.3 Å². The molecule has 0 radical (unpaired) electrons. The summed E-state index contributed by atoms with van der Waals surface area (Å²) in [6.45, 7) is 4.41. The molecule has 24 heavy (non-hydrogen) atoms. The van der Waals surface area contributed by atoms with Gasteiger partial charge >= 0.3 is 0 Å². The van der Waals surface area contributed by atoms with Crippen LogP contribution in [0.1, 0.15) is 27.2 Å². The van der Waals surface area contributed by atoms with Gasteiger partial charge < -0.3 is 10.1 Å². The predicted molar refractivity (Wildman–Crippen MR) is 96.8 cm³/mol. The molecule has 0 aliphatic heterocycles. The Kier molecular flexibility index (Phi) is 4.91. The molecule has 3 aromatic rings. The quantitative estimate of drug-likeness (QED) is 0.740. The van der Waals surface area contributed by atoms with Gasteiger partial charge in [0.05, 0.1) is 11.2 Å². The van der Waals surface area contributed by atoms with Crippen LogP contribution in [0.4, 0.5) is 5.69 Å². The summed E-state index contributed by atoms with van der Waals surface area (Å²) in [6.07, 6.45) is 0. The van der Waals surface area contributed by atoms with Crippen LogP contribution in [0.15, 0.2) is 53.4 Å². The first-order valence-electron chi connectivity index (χ1n) is 7.60. The fourth-order valence-corrected chi connectivity index (χ4v) is 2.88. The number of rotatable bonds is 5. The number of ether oxygens (including phenoxy) is 1. The van der Waals surface area contributed by atoms with Crippen LogP contribution < -0.4 is 10.1 Å². The van der Waals surface area contributed by atoms with Crippen molar-refractivity contribution in [2.75, 3.05) is 5.32 Å². The SMILES string of the molecule is Cc1ccc(NC(=O)c2cccc(OCc3cscn3)c2)c(C)c1. The molecule has 0 aliphatic rings. The maximum Gasteiger partial charge on any atom is 0.255 e. The molecule has 0 saturated carbocycles. The minimum atomic E-state index is -0.152. The van der Waals surface area contributed by atoms with Gasteiger partial charge in [0.15, 0.2) is 0 Å². The van der Waals surface area contributed by atoms with Crippen molar-refractivity contribution in [3.63, 3.8) is 0 Å². The smallest absolute Gasteiger partial charge is 0.255 e. The number of aromatic nitrogens is 1. The monoisotopic (exact) mass is 338 g/mol. The van der Waals surface area contributed by atoms with E-state index in [-0.39, 0.29) is 5.91 Å². The van der Waals surface area contributed by atoms with E-state index in [1.54, 1.807) is 17.6 Å². The second kappa shape index (κ2) is 7.27. The molecular formula is C19H18N2O2S. The van der Waals surface area contributed by atoms with Crippen LogP contribution in [0, 0.1) is 13.8 Å². The molecule has 3 rings (SSSR count). The third-order valence-electron chi connectivity index (χ3n) is 3.60. The number of thiazole rings is 1. The van der Waals surface area contributed by atoms with E-state index < -0.39 is 0 Å². The summed E-state index contributed by atoms with van der Waals surface area (Å²) in [5, 5.41) is 4.89. The van der Waals surface area contributed by atoms with E-state index in [1.807, 2.05) is 49.6 Å². The van der Waals surface area contributed by atoms with Crippen LogP contribution in [0.2, 0.25) is 0 Å². The summed E-state index contributed by atoms with van der Waals surface area (Å²) in [4.78, 5) is 16.6. The van der Waals surface area contributed by atoms with Gasteiger partial charge in [0.25, 0.3) is 5.91 Å². The first-order valence-corrected chi connectivity index (χ1v) is 8.54. The summed E-state index contributed by atoms with van der Waals surface area (Å²) in [6, 6.07) is 13.1. The van der Waals surface area contributed by atoms with Crippen molar-refractivity contribution < 1.29 is 9.53 Å². The lowest BCUT2D eigenvalue weighted by Crippen LogP contribution is -2.13. The summed E-state index contributed by atoms with van der Waals surface area (Å²) in [5.41, 5.74) is 6.24. The maximum absolute atomic E-state index is 12.5. The van der Waals surface area contributed by atoms with Crippen LogP contribution in [0.5, 0.6) is 5.75 Å². The lowest BCUT2D eigenvalue weighted by atomic mass is 10.1. The maximum atomic E-state index is 12.5. The summed E-state index contributed by atoms with van der Waals surface area (Å²) < 4.78 is 5.70. The van der Waals surface area contributed by atoms with Crippen LogP contribution in [0.3, 0.4) is 0 Å². The van der Waals surface area contributed by atoms with E-state index in [4.69, 9.17) is 4.74 Å². The summed E-state index contributed by atoms with van der Waals surface area (Å²) in [5.74, 6) is 0.498. The fraction of sp³-hybridized carbons (Fsp3) is 0.158. The Labute approximate surface area is 145 Å². The Balaban J connectivity index is 1.69. The molecule has 2 aromatic carbocycles. The highest BCUT2D eigenvalue weighted by molar-refractivity contribution is 7.07. The third kappa shape index (κ3) is 4.00. The minimum absolute atomic E-state index is 0.152. The van der Waals surface area contributed by atoms with E-state index >= 15 is 0 Å². The molecule has 4 nitrogen and oxygen atoms in total. The number of hydrogen-bond acceptors (Lipinski definition) is 4. The van der Waals surface area contributed by atoms with E-state index in [2.05, 4.69) is 10.3 Å². The van der Waals surface area contributed by atoms with Crippen molar-refractivity contribution in [1.82, 2.24) is 4.98 Å². The van der Waals surface area contributed by atoms with Crippen molar-refractivity contribution in [2.24, 2.45) is 0 Å². The molecule has 5 heteroatoms. The Morgan fingerprint density at radius 1 is 1.21 bits per heavy atom. The highest BCUT2D eigenvalue weighted by atomic mass is 32.1. The number of amides is 1. The average molecular weight is 338 g/mol. The molecule has 1 amide bonds. The third-order valence-corrected chi connectivity index (χ3v) is 4.23. The normalized spacial score (nSPS) is 10.4. The first-order chi connectivity index (χ1) is 11.6. The number of nitrogens with zero attached hydrogens (tertiary/aromatic N) is 1. The van der Waals surface area contributed by atoms with Gasteiger partial charge in [-0.1, -0.05) is 23.8 Å². The molecule has 1 N–H and O–H groups in total. The van der Waals surface area contributed by atoms with Crippen molar-refractivity contribution >= 4 is 22.9 Å². The van der Waals surface area contributed by atoms with Crippen LogP contribution in [-0.2, 0) is 6.61 Å². The molecule has 0 fully saturated rings. The van der Waals surface area contributed by atoms with Gasteiger partial charge in [-0.25, -0.2) is 4.98 Å². The average Bonchev–Trinajstić information content (AvgIpc) is 3.09. The second-order valence-corrected chi connectivity index (χ2v) is 6.29. The van der Waals surface area contributed by atoms with Crippen molar-refractivity contribution in [3.05, 3.63) is 75.7 Å². The zero-order valence-corrected chi connectivity index (χ0v) is 14.4. The lowest BCUT2D eigenvalue weighted by molar-refractivity contribution is 0.102. The number of anilines is 1. The second-order valence-electron chi connectivity index (χ2n) is 5.57. The topological polar surface area (TPSA) is 51.2 Å². The Hall–Kier alpha value is -2.66. The van der Waals surface area contributed by atoms with Crippen molar-refractivity contribution in [2.45, 2.75) is 20.5 Å². The molecule has 0 unspecified atom stereocenters. The molecule has 0 saturated heterocycles. The van der Waals surface area contributed by atoms with Gasteiger partial charge in [-0.15, -0.1) is 11.3 Å². The molecule has 0 bridgehead atoms. The van der Waals surface area contributed by atoms with Gasteiger partial charge in [0.2, 0.25) is 0 Å².